The fourth-order valence-corrected chi connectivity index (χ4v) is 2.23. The van der Waals surface area contributed by atoms with Crippen molar-refractivity contribution in [1.29, 1.82) is 0 Å². The van der Waals surface area contributed by atoms with Gasteiger partial charge < -0.3 is 10.1 Å². The highest BCUT2D eigenvalue weighted by atomic mass is 19.1. The van der Waals surface area contributed by atoms with E-state index in [9.17, 15) is 4.39 Å². The molecule has 0 amide bonds. The number of aryl methyl sites for hydroxylation is 1. The molecule has 20 heavy (non-hydrogen) atoms. The van der Waals surface area contributed by atoms with Crippen molar-refractivity contribution in [3.63, 3.8) is 0 Å². The molecule has 2 aromatic carbocycles. The minimum absolute atomic E-state index is 0.199. The van der Waals surface area contributed by atoms with Gasteiger partial charge in [0, 0.05) is 5.69 Å². The third-order valence-electron chi connectivity index (χ3n) is 3.44. The smallest absolute Gasteiger partial charge is 0.123 e. The predicted molar refractivity (Wildman–Crippen MR) is 80.8 cm³/mol. The molecule has 0 aliphatic heterocycles. The van der Waals surface area contributed by atoms with Crippen molar-refractivity contribution in [2.75, 3.05) is 12.4 Å². The largest absolute Gasteiger partial charge is 0.497 e. The van der Waals surface area contributed by atoms with Gasteiger partial charge >= 0.3 is 0 Å². The molecule has 0 radical (unpaired) electrons. The van der Waals surface area contributed by atoms with E-state index in [-0.39, 0.29) is 11.9 Å². The molecule has 0 fully saturated rings. The topological polar surface area (TPSA) is 21.3 Å². The first-order valence-electron chi connectivity index (χ1n) is 6.80. The first kappa shape index (κ1) is 14.4. The molecule has 2 rings (SSSR count). The number of benzene rings is 2. The molecule has 0 heterocycles. The van der Waals surface area contributed by atoms with Crippen molar-refractivity contribution in [3.05, 3.63) is 59.4 Å². The number of anilines is 1. The molecule has 1 unspecified atom stereocenters. The van der Waals surface area contributed by atoms with E-state index < -0.39 is 0 Å². The second kappa shape index (κ2) is 6.42. The van der Waals surface area contributed by atoms with E-state index in [4.69, 9.17) is 4.74 Å². The molecule has 2 nitrogen and oxygen atoms in total. The molecule has 1 N–H and O–H groups in total. The molecule has 1 atom stereocenters. The summed E-state index contributed by atoms with van der Waals surface area (Å²) in [5.41, 5.74) is 3.07. The summed E-state index contributed by atoms with van der Waals surface area (Å²) in [6.07, 6.45) is 0.948. The summed E-state index contributed by atoms with van der Waals surface area (Å²) in [5, 5.41) is 3.47. The van der Waals surface area contributed by atoms with Gasteiger partial charge in [0.25, 0.3) is 0 Å². The van der Waals surface area contributed by atoms with Crippen LogP contribution in [0.25, 0.3) is 0 Å². The molecule has 0 spiro atoms. The highest BCUT2D eigenvalue weighted by Gasteiger charge is 2.10. The third kappa shape index (κ3) is 3.29. The normalized spacial score (nSPS) is 12.0. The summed E-state index contributed by atoms with van der Waals surface area (Å²) in [5.74, 6) is 0.645. The summed E-state index contributed by atoms with van der Waals surface area (Å²) in [6, 6.07) is 13.0. The molecular weight excluding hydrogens is 253 g/mol. The minimum Gasteiger partial charge on any atom is -0.497 e. The average molecular weight is 273 g/mol. The fourth-order valence-electron chi connectivity index (χ4n) is 2.23. The van der Waals surface area contributed by atoms with E-state index in [1.54, 1.807) is 19.2 Å². The Morgan fingerprint density at radius 3 is 2.40 bits per heavy atom. The molecule has 0 bridgehead atoms. The molecule has 2 aromatic rings. The molecule has 0 aromatic heterocycles. The minimum atomic E-state index is -0.203. The summed E-state index contributed by atoms with van der Waals surface area (Å²) < 4.78 is 18.3. The average Bonchev–Trinajstić information content (AvgIpc) is 2.47. The molecule has 0 aliphatic rings. The summed E-state index contributed by atoms with van der Waals surface area (Å²) in [7, 11) is 1.66. The van der Waals surface area contributed by atoms with Crippen molar-refractivity contribution < 1.29 is 9.13 Å². The molecule has 106 valence electrons. The van der Waals surface area contributed by atoms with Gasteiger partial charge in [0.15, 0.2) is 0 Å². The summed E-state index contributed by atoms with van der Waals surface area (Å²) in [4.78, 5) is 0. The van der Waals surface area contributed by atoms with Gasteiger partial charge in [-0.1, -0.05) is 19.1 Å². The monoisotopic (exact) mass is 273 g/mol. The van der Waals surface area contributed by atoms with Crippen LogP contribution in [0.15, 0.2) is 42.5 Å². The van der Waals surface area contributed by atoms with Crippen LogP contribution in [0.5, 0.6) is 5.75 Å². The van der Waals surface area contributed by atoms with Crippen LogP contribution in [-0.2, 0) is 0 Å². The highest BCUT2D eigenvalue weighted by molar-refractivity contribution is 5.52. The lowest BCUT2D eigenvalue weighted by Crippen LogP contribution is -2.10. The van der Waals surface area contributed by atoms with E-state index >= 15 is 0 Å². The SMILES string of the molecule is CCC(Nc1ccc(F)cc1C)c1ccc(OC)cc1. The van der Waals surface area contributed by atoms with Gasteiger partial charge in [0.1, 0.15) is 11.6 Å². The number of methoxy groups -OCH3 is 1. The molecule has 0 saturated carbocycles. The van der Waals surface area contributed by atoms with Crippen molar-refractivity contribution >= 4 is 5.69 Å². The number of ether oxygens (including phenoxy) is 1. The Kier molecular flexibility index (Phi) is 4.61. The van der Waals surface area contributed by atoms with Gasteiger partial charge in [-0.3, -0.25) is 0 Å². The van der Waals surface area contributed by atoms with E-state index in [1.165, 1.54) is 11.6 Å². The molecular formula is C17H20FNO. The Morgan fingerprint density at radius 2 is 1.85 bits per heavy atom. The highest BCUT2D eigenvalue weighted by Crippen LogP contribution is 2.26. The predicted octanol–water partition coefficient (Wildman–Crippen LogP) is 4.71. The van der Waals surface area contributed by atoms with Gasteiger partial charge in [-0.15, -0.1) is 0 Å². The van der Waals surface area contributed by atoms with Gasteiger partial charge in [-0.05, 0) is 54.8 Å². The van der Waals surface area contributed by atoms with E-state index in [0.29, 0.717) is 0 Å². The van der Waals surface area contributed by atoms with Crippen LogP contribution in [0, 0.1) is 12.7 Å². The number of nitrogens with one attached hydrogen (secondary N) is 1. The Morgan fingerprint density at radius 1 is 1.15 bits per heavy atom. The second-order valence-corrected chi connectivity index (χ2v) is 4.84. The zero-order chi connectivity index (χ0) is 14.5. The quantitative estimate of drug-likeness (QED) is 0.852. The fraction of sp³-hybridized carbons (Fsp3) is 0.294. The van der Waals surface area contributed by atoms with Crippen LogP contribution in [0.4, 0.5) is 10.1 Å². The van der Waals surface area contributed by atoms with Gasteiger partial charge in [-0.2, -0.15) is 0 Å². The zero-order valence-electron chi connectivity index (χ0n) is 12.1. The van der Waals surface area contributed by atoms with Crippen LogP contribution in [0.3, 0.4) is 0 Å². The van der Waals surface area contributed by atoms with Crippen molar-refractivity contribution in [1.82, 2.24) is 0 Å². The maximum absolute atomic E-state index is 13.1. The first-order chi connectivity index (χ1) is 9.63. The van der Waals surface area contributed by atoms with Crippen LogP contribution >= 0.6 is 0 Å². The number of halogens is 1. The van der Waals surface area contributed by atoms with Crippen molar-refractivity contribution in [3.8, 4) is 5.75 Å². The zero-order valence-corrected chi connectivity index (χ0v) is 12.1. The Bertz CT molecular complexity index is 566. The van der Waals surface area contributed by atoms with Crippen LogP contribution in [0.2, 0.25) is 0 Å². The van der Waals surface area contributed by atoms with Gasteiger partial charge in [0.05, 0.1) is 13.2 Å². The lowest BCUT2D eigenvalue weighted by molar-refractivity contribution is 0.414. The lowest BCUT2D eigenvalue weighted by atomic mass is 10.0. The van der Waals surface area contributed by atoms with E-state index in [1.807, 2.05) is 19.1 Å². The third-order valence-corrected chi connectivity index (χ3v) is 3.44. The number of hydrogen-bond acceptors (Lipinski definition) is 2. The van der Waals surface area contributed by atoms with Gasteiger partial charge in [-0.25, -0.2) is 4.39 Å². The van der Waals surface area contributed by atoms with Crippen molar-refractivity contribution in [2.45, 2.75) is 26.3 Å². The summed E-state index contributed by atoms with van der Waals surface area (Å²) >= 11 is 0. The second-order valence-electron chi connectivity index (χ2n) is 4.84. The Labute approximate surface area is 119 Å². The Hall–Kier alpha value is -2.03. The maximum atomic E-state index is 13.1. The number of rotatable bonds is 5. The lowest BCUT2D eigenvalue weighted by Gasteiger charge is -2.20. The van der Waals surface area contributed by atoms with E-state index in [2.05, 4.69) is 24.4 Å². The van der Waals surface area contributed by atoms with E-state index in [0.717, 1.165) is 23.4 Å². The molecule has 0 saturated heterocycles. The maximum Gasteiger partial charge on any atom is 0.123 e. The van der Waals surface area contributed by atoms with Crippen LogP contribution < -0.4 is 10.1 Å². The summed E-state index contributed by atoms with van der Waals surface area (Å²) in [6.45, 7) is 4.03. The van der Waals surface area contributed by atoms with Crippen molar-refractivity contribution in [2.24, 2.45) is 0 Å². The van der Waals surface area contributed by atoms with Gasteiger partial charge in [0.2, 0.25) is 0 Å². The number of hydrogen-bond donors (Lipinski definition) is 1. The standard InChI is InChI=1S/C17H20FNO/c1-4-16(13-5-8-15(20-3)9-6-13)19-17-10-7-14(18)11-12(17)2/h5-11,16,19H,4H2,1-3H3. The molecule has 3 heteroatoms. The molecule has 0 aliphatic carbocycles. The van der Waals surface area contributed by atoms with Crippen LogP contribution in [-0.4, -0.2) is 7.11 Å². The first-order valence-corrected chi connectivity index (χ1v) is 6.80. The van der Waals surface area contributed by atoms with Crippen LogP contribution in [0.1, 0.15) is 30.5 Å². The Balaban J connectivity index is 2.19.